The number of nitrogens with zero attached hydrogens (tertiary/aromatic N) is 5. The first-order valence-corrected chi connectivity index (χ1v) is 10.1. The van der Waals surface area contributed by atoms with E-state index in [9.17, 15) is 4.79 Å². The van der Waals surface area contributed by atoms with Crippen molar-refractivity contribution < 1.29 is 4.79 Å². The van der Waals surface area contributed by atoms with Crippen molar-refractivity contribution in [3.05, 3.63) is 84.3 Å². The Bertz CT molecular complexity index is 1340. The zero-order chi connectivity index (χ0) is 20.5. The first-order chi connectivity index (χ1) is 14.7. The Morgan fingerprint density at radius 2 is 1.83 bits per heavy atom. The minimum atomic E-state index is -0.257. The summed E-state index contributed by atoms with van der Waals surface area (Å²) in [4.78, 5) is 21.6. The second-order valence-electron chi connectivity index (χ2n) is 6.61. The van der Waals surface area contributed by atoms with Crippen LogP contribution < -0.4 is 5.32 Å². The van der Waals surface area contributed by atoms with Gasteiger partial charge in [-0.05, 0) is 49.4 Å². The predicted molar refractivity (Wildman–Crippen MR) is 117 cm³/mol. The van der Waals surface area contributed by atoms with E-state index in [1.54, 1.807) is 18.3 Å². The first kappa shape index (κ1) is 18.1. The molecule has 1 amide bonds. The van der Waals surface area contributed by atoms with E-state index in [1.807, 2.05) is 61.5 Å². The largest absolute Gasteiger partial charge is 0.297 e. The van der Waals surface area contributed by atoms with Crippen LogP contribution in [0.25, 0.3) is 27.4 Å². The molecule has 1 N–H and O–H groups in total. The van der Waals surface area contributed by atoms with Crippen LogP contribution in [-0.2, 0) is 0 Å². The number of aryl methyl sites for hydroxylation is 1. The lowest BCUT2D eigenvalue weighted by molar-refractivity contribution is 0.102. The van der Waals surface area contributed by atoms with Crippen LogP contribution in [0.15, 0.2) is 72.9 Å². The maximum absolute atomic E-state index is 12.7. The molecule has 30 heavy (non-hydrogen) atoms. The maximum atomic E-state index is 12.7. The van der Waals surface area contributed by atoms with E-state index in [1.165, 1.54) is 11.3 Å². The molecule has 5 rings (SSSR count). The normalized spacial score (nSPS) is 11.0. The van der Waals surface area contributed by atoms with Gasteiger partial charge in [0.25, 0.3) is 5.91 Å². The third-order valence-electron chi connectivity index (χ3n) is 4.63. The fourth-order valence-corrected chi connectivity index (χ4v) is 4.00. The molecule has 0 bridgehead atoms. The van der Waals surface area contributed by atoms with Crippen LogP contribution in [0, 0.1) is 6.92 Å². The van der Waals surface area contributed by atoms with E-state index >= 15 is 0 Å². The Labute approximate surface area is 176 Å². The standard InChI is InChI=1S/C22H16N6OS/c1-14-24-18-13-15(10-11-19(18)28(14)16-7-3-2-4-8-16)20(29)25-22-27-26-21(30-22)17-9-5-6-12-23-17/h2-13H,1H3,(H,25,27,29). The van der Waals surface area contributed by atoms with E-state index in [0.29, 0.717) is 15.7 Å². The molecule has 146 valence electrons. The number of nitrogens with one attached hydrogen (secondary N) is 1. The number of imidazole rings is 1. The van der Waals surface area contributed by atoms with Gasteiger partial charge in [-0.25, -0.2) is 4.98 Å². The van der Waals surface area contributed by atoms with Crippen molar-refractivity contribution in [1.29, 1.82) is 0 Å². The topological polar surface area (TPSA) is 85.6 Å². The summed E-state index contributed by atoms with van der Waals surface area (Å²) in [5.74, 6) is 0.602. The second kappa shape index (κ2) is 7.49. The van der Waals surface area contributed by atoms with Gasteiger partial charge in [0.15, 0.2) is 5.01 Å². The SMILES string of the molecule is Cc1nc2cc(C(=O)Nc3nnc(-c4ccccn4)s3)ccc2n1-c1ccccc1. The number of amides is 1. The maximum Gasteiger partial charge on any atom is 0.257 e. The summed E-state index contributed by atoms with van der Waals surface area (Å²) >= 11 is 1.28. The molecule has 0 saturated heterocycles. The van der Waals surface area contributed by atoms with Crippen LogP contribution in [0.4, 0.5) is 5.13 Å². The highest BCUT2D eigenvalue weighted by Crippen LogP contribution is 2.26. The monoisotopic (exact) mass is 412 g/mol. The summed E-state index contributed by atoms with van der Waals surface area (Å²) in [6.45, 7) is 1.95. The lowest BCUT2D eigenvalue weighted by atomic mass is 10.2. The van der Waals surface area contributed by atoms with Crippen LogP contribution in [0.1, 0.15) is 16.2 Å². The molecule has 7 nitrogen and oxygen atoms in total. The predicted octanol–water partition coefficient (Wildman–Crippen LogP) is 4.50. The van der Waals surface area contributed by atoms with E-state index in [2.05, 4.69) is 30.0 Å². The summed E-state index contributed by atoms with van der Waals surface area (Å²) in [6, 6.07) is 21.1. The zero-order valence-corrected chi connectivity index (χ0v) is 16.8. The van der Waals surface area contributed by atoms with Gasteiger partial charge >= 0.3 is 0 Å². The zero-order valence-electron chi connectivity index (χ0n) is 16.0. The molecule has 0 aliphatic heterocycles. The van der Waals surface area contributed by atoms with Gasteiger partial charge in [-0.2, -0.15) is 0 Å². The van der Waals surface area contributed by atoms with Gasteiger partial charge in [0, 0.05) is 17.4 Å². The number of fused-ring (bicyclic) bond motifs is 1. The van der Waals surface area contributed by atoms with Gasteiger partial charge in [-0.15, -0.1) is 10.2 Å². The molecule has 0 unspecified atom stereocenters. The molecule has 0 fully saturated rings. The van der Waals surface area contributed by atoms with Crippen LogP contribution in [-0.4, -0.2) is 30.6 Å². The van der Waals surface area contributed by atoms with Gasteiger partial charge in [0.05, 0.1) is 11.0 Å². The lowest BCUT2D eigenvalue weighted by Gasteiger charge is -2.07. The summed E-state index contributed by atoms with van der Waals surface area (Å²) in [7, 11) is 0. The summed E-state index contributed by atoms with van der Waals surface area (Å²) in [5.41, 5.74) is 3.97. The summed E-state index contributed by atoms with van der Waals surface area (Å²) in [5, 5.41) is 12.0. The Balaban J connectivity index is 1.42. The average molecular weight is 412 g/mol. The Morgan fingerprint density at radius 3 is 2.63 bits per heavy atom. The molecule has 0 atom stereocenters. The van der Waals surface area contributed by atoms with E-state index in [4.69, 9.17) is 0 Å². The Morgan fingerprint density at radius 1 is 1.00 bits per heavy atom. The number of hydrogen-bond acceptors (Lipinski definition) is 6. The highest BCUT2D eigenvalue weighted by atomic mass is 32.1. The average Bonchev–Trinajstić information content (AvgIpc) is 3.38. The third kappa shape index (κ3) is 3.33. The smallest absolute Gasteiger partial charge is 0.257 e. The molecule has 2 aromatic carbocycles. The number of carbonyl (C=O) groups is 1. The van der Waals surface area contributed by atoms with Gasteiger partial charge in [0.1, 0.15) is 11.5 Å². The highest BCUT2D eigenvalue weighted by molar-refractivity contribution is 7.18. The molecule has 0 aliphatic carbocycles. The molecule has 0 saturated carbocycles. The number of rotatable bonds is 4. The highest BCUT2D eigenvalue weighted by Gasteiger charge is 2.15. The molecule has 0 aliphatic rings. The minimum absolute atomic E-state index is 0.257. The van der Waals surface area contributed by atoms with Crippen molar-refractivity contribution in [1.82, 2.24) is 24.7 Å². The van der Waals surface area contributed by atoms with Crippen molar-refractivity contribution in [2.75, 3.05) is 5.32 Å². The Kier molecular flexibility index (Phi) is 4.53. The van der Waals surface area contributed by atoms with Crippen molar-refractivity contribution in [3.63, 3.8) is 0 Å². The Hall–Kier alpha value is -3.91. The third-order valence-corrected chi connectivity index (χ3v) is 5.49. The second-order valence-corrected chi connectivity index (χ2v) is 7.59. The van der Waals surface area contributed by atoms with E-state index in [-0.39, 0.29) is 5.91 Å². The molecule has 5 aromatic rings. The van der Waals surface area contributed by atoms with Gasteiger partial charge < -0.3 is 0 Å². The molecular weight excluding hydrogens is 396 g/mol. The lowest BCUT2D eigenvalue weighted by Crippen LogP contribution is -2.11. The minimum Gasteiger partial charge on any atom is -0.297 e. The summed E-state index contributed by atoms with van der Waals surface area (Å²) < 4.78 is 2.07. The van der Waals surface area contributed by atoms with Crippen molar-refractivity contribution in [2.24, 2.45) is 0 Å². The van der Waals surface area contributed by atoms with Crippen LogP contribution in [0.5, 0.6) is 0 Å². The molecule has 3 heterocycles. The van der Waals surface area contributed by atoms with Crippen LogP contribution in [0.3, 0.4) is 0 Å². The fraction of sp³-hybridized carbons (Fsp3) is 0.0455. The number of anilines is 1. The van der Waals surface area contributed by atoms with Gasteiger partial charge in [0.2, 0.25) is 5.13 Å². The van der Waals surface area contributed by atoms with E-state index < -0.39 is 0 Å². The fourth-order valence-electron chi connectivity index (χ4n) is 3.28. The molecule has 0 spiro atoms. The summed E-state index contributed by atoms with van der Waals surface area (Å²) in [6.07, 6.45) is 1.70. The molecule has 0 radical (unpaired) electrons. The van der Waals surface area contributed by atoms with Crippen molar-refractivity contribution in [2.45, 2.75) is 6.92 Å². The number of para-hydroxylation sites is 1. The molecular formula is C22H16N6OS. The van der Waals surface area contributed by atoms with Crippen LogP contribution >= 0.6 is 11.3 Å². The first-order valence-electron chi connectivity index (χ1n) is 9.30. The van der Waals surface area contributed by atoms with Crippen LogP contribution in [0.2, 0.25) is 0 Å². The number of pyridine rings is 1. The number of carbonyl (C=O) groups excluding carboxylic acids is 1. The van der Waals surface area contributed by atoms with Gasteiger partial charge in [-0.1, -0.05) is 35.6 Å². The number of hydrogen-bond donors (Lipinski definition) is 1. The number of aromatic nitrogens is 5. The van der Waals surface area contributed by atoms with Gasteiger partial charge in [-0.3, -0.25) is 19.7 Å². The molecule has 8 heteroatoms. The molecule has 3 aromatic heterocycles. The quantitative estimate of drug-likeness (QED) is 0.470. The van der Waals surface area contributed by atoms with Crippen molar-refractivity contribution in [3.8, 4) is 16.4 Å². The van der Waals surface area contributed by atoms with Crippen molar-refractivity contribution >= 4 is 33.4 Å². The van der Waals surface area contributed by atoms with E-state index in [0.717, 1.165) is 28.2 Å². The number of benzene rings is 2.